The lowest BCUT2D eigenvalue weighted by Gasteiger charge is -2.08. The van der Waals surface area contributed by atoms with Gasteiger partial charge in [-0.25, -0.2) is 11.8 Å². The van der Waals surface area contributed by atoms with Crippen LogP contribution in [0.5, 0.6) is 0 Å². The van der Waals surface area contributed by atoms with E-state index in [2.05, 4.69) is 9.68 Å². The number of rotatable bonds is 24. The highest BCUT2D eigenvalue weighted by molar-refractivity contribution is 4.37. The van der Waals surface area contributed by atoms with Crippen LogP contribution in [-0.2, 0) is 42.8 Å². The highest BCUT2D eigenvalue weighted by Gasteiger charge is 1.94. The first-order chi connectivity index (χ1) is 13.4. The van der Waals surface area contributed by atoms with E-state index in [0.717, 1.165) is 0 Å². The van der Waals surface area contributed by atoms with E-state index in [0.29, 0.717) is 106 Å². The fraction of sp³-hybridized carbons (Fsp3) is 1.00. The molecule has 164 valence electrons. The lowest BCUT2D eigenvalue weighted by Crippen LogP contribution is -2.15. The van der Waals surface area contributed by atoms with E-state index >= 15 is 0 Å². The summed E-state index contributed by atoms with van der Waals surface area (Å²) >= 11 is 0. The average molecular weight is 400 g/mol. The van der Waals surface area contributed by atoms with Crippen molar-refractivity contribution in [2.45, 2.75) is 0 Å². The molecule has 0 heterocycles. The van der Waals surface area contributed by atoms with E-state index in [1.54, 1.807) is 0 Å². The van der Waals surface area contributed by atoms with Crippen molar-refractivity contribution in [2.24, 2.45) is 11.8 Å². The number of hydrogen-bond acceptors (Lipinski definition) is 11. The van der Waals surface area contributed by atoms with E-state index in [9.17, 15) is 0 Å². The SMILES string of the molecule is NOCCOCCOCCOCCOCCOCCOCCOCCON. The second kappa shape index (κ2) is 25.6. The van der Waals surface area contributed by atoms with Gasteiger partial charge in [0.05, 0.1) is 106 Å². The first-order valence-corrected chi connectivity index (χ1v) is 9.09. The second-order valence-electron chi connectivity index (χ2n) is 5.03. The summed E-state index contributed by atoms with van der Waals surface area (Å²) < 4.78 is 37.1. The van der Waals surface area contributed by atoms with Crippen molar-refractivity contribution in [3.8, 4) is 0 Å². The van der Waals surface area contributed by atoms with E-state index in [4.69, 9.17) is 45.0 Å². The van der Waals surface area contributed by atoms with Gasteiger partial charge in [-0.15, -0.1) is 0 Å². The first kappa shape index (κ1) is 26.6. The molecule has 0 aliphatic heterocycles. The van der Waals surface area contributed by atoms with Crippen LogP contribution in [0.3, 0.4) is 0 Å². The largest absolute Gasteiger partial charge is 0.377 e. The minimum absolute atomic E-state index is 0.379. The van der Waals surface area contributed by atoms with Crippen LogP contribution >= 0.6 is 0 Å². The molecule has 0 aromatic heterocycles. The standard InChI is InChI=1S/C16H36N2O9/c17-26-15-13-24-11-9-22-7-5-20-3-1-19-2-4-21-6-8-23-10-12-25-14-16-27-18/h1-18H2. The highest BCUT2D eigenvalue weighted by Crippen LogP contribution is 1.85. The Hall–Kier alpha value is -0.440. The zero-order valence-corrected chi connectivity index (χ0v) is 16.1. The van der Waals surface area contributed by atoms with Crippen molar-refractivity contribution in [3.63, 3.8) is 0 Å². The summed E-state index contributed by atoms with van der Waals surface area (Å²) in [5, 5.41) is 0. The monoisotopic (exact) mass is 400 g/mol. The van der Waals surface area contributed by atoms with Crippen LogP contribution in [0, 0.1) is 0 Å². The molecule has 0 amide bonds. The summed E-state index contributed by atoms with van der Waals surface area (Å²) in [5.74, 6) is 9.72. The lowest BCUT2D eigenvalue weighted by atomic mass is 10.6. The zero-order chi connectivity index (χ0) is 19.7. The molecule has 0 radical (unpaired) electrons. The highest BCUT2D eigenvalue weighted by atomic mass is 16.6. The minimum Gasteiger partial charge on any atom is -0.377 e. The Morgan fingerprint density at radius 3 is 0.556 bits per heavy atom. The summed E-state index contributed by atoms with van der Waals surface area (Å²) in [7, 11) is 0. The number of ether oxygens (including phenoxy) is 7. The maximum absolute atomic E-state index is 5.38. The fourth-order valence-corrected chi connectivity index (χ4v) is 1.64. The second-order valence-corrected chi connectivity index (χ2v) is 5.03. The molecule has 0 spiro atoms. The summed E-state index contributed by atoms with van der Waals surface area (Å²) in [6, 6.07) is 0. The van der Waals surface area contributed by atoms with Crippen LogP contribution in [0.2, 0.25) is 0 Å². The van der Waals surface area contributed by atoms with Crippen molar-refractivity contribution < 1.29 is 42.8 Å². The Morgan fingerprint density at radius 1 is 0.259 bits per heavy atom. The number of hydrogen-bond donors (Lipinski definition) is 2. The van der Waals surface area contributed by atoms with Crippen LogP contribution in [-0.4, -0.2) is 106 Å². The van der Waals surface area contributed by atoms with Crippen molar-refractivity contribution in [1.29, 1.82) is 0 Å². The molecule has 0 saturated carbocycles. The molecular formula is C16H36N2O9. The Kier molecular flexibility index (Phi) is 25.1. The van der Waals surface area contributed by atoms with Crippen LogP contribution in [0.1, 0.15) is 0 Å². The molecule has 27 heavy (non-hydrogen) atoms. The normalized spacial score (nSPS) is 11.3. The topological polar surface area (TPSA) is 135 Å². The van der Waals surface area contributed by atoms with Crippen molar-refractivity contribution in [1.82, 2.24) is 0 Å². The smallest absolute Gasteiger partial charge is 0.0913 e. The van der Waals surface area contributed by atoms with Crippen molar-refractivity contribution >= 4 is 0 Å². The molecule has 0 fully saturated rings. The summed E-state index contributed by atoms with van der Waals surface area (Å²) in [4.78, 5) is 8.73. The quantitative estimate of drug-likeness (QED) is 0.151. The molecule has 0 rings (SSSR count). The van der Waals surface area contributed by atoms with E-state index < -0.39 is 0 Å². The predicted octanol–water partition coefficient (Wildman–Crippen LogP) is -1.12. The van der Waals surface area contributed by atoms with Gasteiger partial charge in [-0.3, -0.25) is 0 Å². The molecule has 0 aliphatic carbocycles. The molecule has 0 saturated heterocycles. The summed E-state index contributed by atoms with van der Waals surface area (Å²) in [6.07, 6.45) is 0. The molecule has 11 heteroatoms. The maximum Gasteiger partial charge on any atom is 0.0913 e. The van der Waals surface area contributed by atoms with Gasteiger partial charge in [0.25, 0.3) is 0 Å². The fourth-order valence-electron chi connectivity index (χ4n) is 1.64. The number of nitrogens with two attached hydrogens (primary N) is 2. The molecular weight excluding hydrogens is 364 g/mol. The van der Waals surface area contributed by atoms with Gasteiger partial charge in [0.2, 0.25) is 0 Å². The van der Waals surface area contributed by atoms with Gasteiger partial charge < -0.3 is 42.8 Å². The van der Waals surface area contributed by atoms with Gasteiger partial charge in [-0.2, -0.15) is 0 Å². The van der Waals surface area contributed by atoms with Gasteiger partial charge in [-0.1, -0.05) is 0 Å². The van der Waals surface area contributed by atoms with E-state index in [1.807, 2.05) is 0 Å². The first-order valence-electron chi connectivity index (χ1n) is 9.09. The van der Waals surface area contributed by atoms with Crippen molar-refractivity contribution in [3.05, 3.63) is 0 Å². The summed E-state index contributed by atoms with van der Waals surface area (Å²) in [5.41, 5.74) is 0. The van der Waals surface area contributed by atoms with Gasteiger partial charge in [0, 0.05) is 0 Å². The van der Waals surface area contributed by atoms with Gasteiger partial charge >= 0.3 is 0 Å². The molecule has 0 atom stereocenters. The van der Waals surface area contributed by atoms with Gasteiger partial charge in [0.15, 0.2) is 0 Å². The molecule has 0 aromatic carbocycles. The zero-order valence-electron chi connectivity index (χ0n) is 16.1. The molecule has 0 bridgehead atoms. The van der Waals surface area contributed by atoms with Crippen LogP contribution in [0.4, 0.5) is 0 Å². The Balaban J connectivity index is 2.95. The summed E-state index contributed by atoms with van der Waals surface area (Å²) in [6.45, 7) is 7.89. The van der Waals surface area contributed by atoms with Gasteiger partial charge in [0.1, 0.15) is 0 Å². The lowest BCUT2D eigenvalue weighted by molar-refractivity contribution is -0.0251. The molecule has 0 unspecified atom stereocenters. The Morgan fingerprint density at radius 2 is 0.407 bits per heavy atom. The van der Waals surface area contributed by atoms with E-state index in [-0.39, 0.29) is 0 Å². The molecule has 11 nitrogen and oxygen atoms in total. The maximum atomic E-state index is 5.38. The van der Waals surface area contributed by atoms with Crippen LogP contribution in [0.15, 0.2) is 0 Å². The predicted molar refractivity (Wildman–Crippen MR) is 96.0 cm³/mol. The van der Waals surface area contributed by atoms with Crippen LogP contribution < -0.4 is 11.8 Å². The molecule has 4 N–H and O–H groups in total. The van der Waals surface area contributed by atoms with Gasteiger partial charge in [-0.05, 0) is 0 Å². The van der Waals surface area contributed by atoms with Crippen LogP contribution in [0.25, 0.3) is 0 Å². The third-order valence-electron chi connectivity index (χ3n) is 2.92. The third kappa shape index (κ3) is 25.6. The molecule has 0 aliphatic rings. The minimum atomic E-state index is 0.379. The average Bonchev–Trinajstić information content (AvgIpc) is 2.68. The van der Waals surface area contributed by atoms with E-state index in [1.165, 1.54) is 0 Å². The Labute approximate surface area is 161 Å². The Bertz CT molecular complexity index is 242. The van der Waals surface area contributed by atoms with Crippen molar-refractivity contribution in [2.75, 3.05) is 106 Å². The third-order valence-corrected chi connectivity index (χ3v) is 2.92. The molecule has 0 aromatic rings.